The summed E-state index contributed by atoms with van der Waals surface area (Å²) in [6.07, 6.45) is 5.10. The highest BCUT2D eigenvalue weighted by molar-refractivity contribution is 5.85. The van der Waals surface area contributed by atoms with Crippen molar-refractivity contribution in [1.29, 1.82) is 0 Å². The molecule has 122 valence electrons. The first-order chi connectivity index (χ1) is 10.6. The number of fused-ring (bicyclic) bond motifs is 1. The maximum Gasteiger partial charge on any atom is 0.347 e. The van der Waals surface area contributed by atoms with Gasteiger partial charge in [-0.05, 0) is 43.0 Å². The first kappa shape index (κ1) is 16.8. The lowest BCUT2D eigenvalue weighted by atomic mass is 10.1. The Morgan fingerprint density at radius 1 is 1.30 bits per heavy atom. The van der Waals surface area contributed by atoms with Crippen molar-refractivity contribution in [2.75, 3.05) is 11.9 Å². The first-order valence-corrected chi connectivity index (χ1v) is 7.12. The molecule has 8 heteroatoms. The maximum atomic E-state index is 11.6. The van der Waals surface area contributed by atoms with Gasteiger partial charge in [-0.3, -0.25) is 4.79 Å². The molecule has 0 aliphatic heterocycles. The Kier molecular flexibility index (Phi) is 5.23. The van der Waals surface area contributed by atoms with Gasteiger partial charge in [-0.15, -0.1) is 12.4 Å². The van der Waals surface area contributed by atoms with Gasteiger partial charge in [0.25, 0.3) is 0 Å². The zero-order valence-electron chi connectivity index (χ0n) is 12.6. The third-order valence-electron chi connectivity index (χ3n) is 3.45. The van der Waals surface area contributed by atoms with Gasteiger partial charge >= 0.3 is 5.69 Å². The summed E-state index contributed by atoms with van der Waals surface area (Å²) in [5.74, 6) is 0. The van der Waals surface area contributed by atoms with Gasteiger partial charge in [0.2, 0.25) is 5.56 Å². The molecular formula is C15H18ClN5O2. The number of hydrogen-bond donors (Lipinski definition) is 3. The van der Waals surface area contributed by atoms with Crippen LogP contribution in [0.4, 0.5) is 5.69 Å². The monoisotopic (exact) mass is 335 g/mol. The molecule has 3 heterocycles. The van der Waals surface area contributed by atoms with Crippen molar-refractivity contribution in [3.05, 3.63) is 62.6 Å². The molecule has 0 unspecified atom stereocenters. The average molecular weight is 336 g/mol. The smallest absolute Gasteiger partial charge is 0.347 e. The molecule has 0 atom stereocenters. The van der Waals surface area contributed by atoms with E-state index >= 15 is 0 Å². The van der Waals surface area contributed by atoms with Crippen molar-refractivity contribution >= 4 is 23.7 Å². The second-order valence-corrected chi connectivity index (χ2v) is 5.25. The van der Waals surface area contributed by atoms with Crippen LogP contribution >= 0.6 is 12.4 Å². The largest absolute Gasteiger partial charge is 0.382 e. The van der Waals surface area contributed by atoms with Crippen LogP contribution in [0.15, 0.2) is 40.2 Å². The van der Waals surface area contributed by atoms with E-state index in [-0.39, 0.29) is 23.7 Å². The molecule has 0 aliphatic carbocycles. The molecule has 0 radical (unpaired) electrons. The van der Waals surface area contributed by atoms with Gasteiger partial charge in [0, 0.05) is 25.0 Å². The molecule has 3 rings (SSSR count). The van der Waals surface area contributed by atoms with E-state index in [1.165, 1.54) is 4.40 Å². The fourth-order valence-corrected chi connectivity index (χ4v) is 2.44. The number of halogens is 1. The number of anilines is 1. The predicted octanol–water partition coefficient (Wildman–Crippen LogP) is 1.49. The molecule has 3 aromatic rings. The lowest BCUT2D eigenvalue weighted by Gasteiger charge is -2.08. The number of aryl methyl sites for hydroxylation is 2. The highest BCUT2D eigenvalue weighted by Crippen LogP contribution is 2.15. The summed E-state index contributed by atoms with van der Waals surface area (Å²) >= 11 is 0. The molecule has 3 N–H and O–H groups in total. The Morgan fingerprint density at radius 2 is 2.13 bits per heavy atom. The van der Waals surface area contributed by atoms with Crippen LogP contribution in [0.25, 0.3) is 5.65 Å². The van der Waals surface area contributed by atoms with Gasteiger partial charge in [0.15, 0.2) is 5.65 Å². The molecule has 0 aliphatic rings. The van der Waals surface area contributed by atoms with Crippen molar-refractivity contribution in [3.63, 3.8) is 0 Å². The SMILES string of the molecule is Cc1cc(NCCCc2cc[nH]c(=O)c2)c2n[nH]c(=O)n2c1.Cl. The second-order valence-electron chi connectivity index (χ2n) is 5.25. The number of H-pyrrole nitrogens is 2. The minimum atomic E-state index is -0.245. The Morgan fingerprint density at radius 3 is 2.91 bits per heavy atom. The molecule has 23 heavy (non-hydrogen) atoms. The molecule has 7 nitrogen and oxygen atoms in total. The molecule has 0 saturated heterocycles. The molecule has 0 amide bonds. The van der Waals surface area contributed by atoms with E-state index < -0.39 is 0 Å². The zero-order valence-corrected chi connectivity index (χ0v) is 13.4. The predicted molar refractivity (Wildman–Crippen MR) is 91.7 cm³/mol. The lowest BCUT2D eigenvalue weighted by molar-refractivity contribution is 0.858. The van der Waals surface area contributed by atoms with Crippen molar-refractivity contribution in [3.8, 4) is 0 Å². The zero-order chi connectivity index (χ0) is 15.5. The lowest BCUT2D eigenvalue weighted by Crippen LogP contribution is -2.11. The van der Waals surface area contributed by atoms with Crippen molar-refractivity contribution in [1.82, 2.24) is 19.6 Å². The summed E-state index contributed by atoms with van der Waals surface area (Å²) in [6.45, 7) is 2.66. The minimum Gasteiger partial charge on any atom is -0.382 e. The van der Waals surface area contributed by atoms with Gasteiger partial charge < -0.3 is 10.3 Å². The summed E-state index contributed by atoms with van der Waals surface area (Å²) in [6, 6.07) is 5.47. The number of pyridine rings is 2. The van der Waals surface area contributed by atoms with E-state index in [4.69, 9.17) is 0 Å². The number of hydrogen-bond acceptors (Lipinski definition) is 4. The van der Waals surface area contributed by atoms with Crippen LogP contribution in [0.5, 0.6) is 0 Å². The van der Waals surface area contributed by atoms with Crippen LogP contribution in [-0.2, 0) is 6.42 Å². The number of rotatable bonds is 5. The van der Waals surface area contributed by atoms with Crippen LogP contribution in [-0.4, -0.2) is 26.1 Å². The standard InChI is InChI=1S/C15H17N5O2.ClH/c1-10-7-12(14-18-19-15(22)20(14)9-10)16-5-2-3-11-4-6-17-13(21)8-11;/h4,6-9,16H,2-3,5H2,1H3,(H,17,21)(H,19,22);1H. The number of nitrogens with one attached hydrogen (secondary N) is 3. The van der Waals surface area contributed by atoms with E-state index in [1.807, 2.05) is 19.1 Å². The molecule has 0 fully saturated rings. The van der Waals surface area contributed by atoms with Gasteiger partial charge in [0.1, 0.15) is 0 Å². The molecular weight excluding hydrogens is 318 g/mol. The van der Waals surface area contributed by atoms with Crippen LogP contribution in [0.2, 0.25) is 0 Å². The van der Waals surface area contributed by atoms with Crippen molar-refractivity contribution < 1.29 is 0 Å². The topological polar surface area (TPSA) is 95.0 Å². The summed E-state index contributed by atoms with van der Waals surface area (Å²) < 4.78 is 1.49. The van der Waals surface area contributed by atoms with Crippen LogP contribution < -0.4 is 16.6 Å². The number of aromatic amines is 2. The van der Waals surface area contributed by atoms with E-state index in [9.17, 15) is 9.59 Å². The first-order valence-electron chi connectivity index (χ1n) is 7.12. The van der Waals surface area contributed by atoms with Gasteiger partial charge in [0.05, 0.1) is 5.69 Å². The maximum absolute atomic E-state index is 11.6. The fourth-order valence-electron chi connectivity index (χ4n) is 2.44. The normalized spacial score (nSPS) is 10.5. The second kappa shape index (κ2) is 7.15. The quantitative estimate of drug-likeness (QED) is 0.615. The number of nitrogens with zero attached hydrogens (tertiary/aromatic N) is 2. The van der Waals surface area contributed by atoms with E-state index in [1.54, 1.807) is 18.5 Å². The van der Waals surface area contributed by atoms with Crippen molar-refractivity contribution in [2.24, 2.45) is 0 Å². The van der Waals surface area contributed by atoms with Crippen LogP contribution in [0, 0.1) is 6.92 Å². The van der Waals surface area contributed by atoms with Crippen molar-refractivity contribution in [2.45, 2.75) is 19.8 Å². The third-order valence-corrected chi connectivity index (χ3v) is 3.45. The average Bonchev–Trinajstić information content (AvgIpc) is 2.85. The van der Waals surface area contributed by atoms with E-state index in [0.29, 0.717) is 5.65 Å². The Labute approximate surface area is 138 Å². The molecule has 0 aromatic carbocycles. The molecule has 0 bridgehead atoms. The van der Waals surface area contributed by atoms with Gasteiger partial charge in [-0.1, -0.05) is 0 Å². The highest BCUT2D eigenvalue weighted by Gasteiger charge is 2.06. The Hall–Kier alpha value is -2.54. The van der Waals surface area contributed by atoms with Gasteiger partial charge in [-0.25, -0.2) is 14.3 Å². The van der Waals surface area contributed by atoms with Gasteiger partial charge in [-0.2, -0.15) is 5.10 Å². The Bertz CT molecular complexity index is 912. The molecule has 0 saturated carbocycles. The summed E-state index contributed by atoms with van der Waals surface area (Å²) in [5.41, 5.74) is 3.08. The number of aromatic nitrogens is 4. The fraction of sp³-hybridized carbons (Fsp3) is 0.267. The van der Waals surface area contributed by atoms with Crippen LogP contribution in [0.1, 0.15) is 17.5 Å². The third kappa shape index (κ3) is 3.81. The minimum absolute atomic E-state index is 0. The van der Waals surface area contributed by atoms with E-state index in [2.05, 4.69) is 20.5 Å². The molecule has 0 spiro atoms. The van der Waals surface area contributed by atoms with E-state index in [0.717, 1.165) is 36.2 Å². The molecule has 3 aromatic heterocycles. The van der Waals surface area contributed by atoms with Crippen LogP contribution in [0.3, 0.4) is 0 Å². The summed E-state index contributed by atoms with van der Waals surface area (Å²) in [4.78, 5) is 25.4. The Balaban J connectivity index is 0.00000192. The summed E-state index contributed by atoms with van der Waals surface area (Å²) in [7, 11) is 0. The highest BCUT2D eigenvalue weighted by atomic mass is 35.5. The summed E-state index contributed by atoms with van der Waals surface area (Å²) in [5, 5.41) is 9.77.